The maximum Gasteiger partial charge on any atom is 0.238 e. The summed E-state index contributed by atoms with van der Waals surface area (Å²) in [6.07, 6.45) is 2.29. The van der Waals surface area contributed by atoms with E-state index in [2.05, 4.69) is 50.4 Å². The number of carbonyl (C=O) groups is 1. The van der Waals surface area contributed by atoms with Crippen molar-refractivity contribution in [1.82, 2.24) is 10.2 Å². The lowest BCUT2D eigenvalue weighted by Gasteiger charge is -2.28. The zero-order valence-electron chi connectivity index (χ0n) is 14.3. The van der Waals surface area contributed by atoms with Gasteiger partial charge in [-0.3, -0.25) is 10.1 Å². The van der Waals surface area contributed by atoms with E-state index in [1.807, 2.05) is 6.92 Å². The summed E-state index contributed by atoms with van der Waals surface area (Å²) in [5.41, 5.74) is 2.63. The lowest BCUT2D eigenvalue weighted by atomic mass is 9.94. The summed E-state index contributed by atoms with van der Waals surface area (Å²) in [5.74, 6) is 0.544. The molecular weight excluding hydrogens is 260 g/mol. The Labute approximate surface area is 129 Å². The van der Waals surface area contributed by atoms with Crippen molar-refractivity contribution < 1.29 is 4.79 Å². The van der Waals surface area contributed by atoms with Crippen LogP contribution in [0.4, 0.5) is 0 Å². The lowest BCUT2D eigenvalue weighted by Crippen LogP contribution is -2.44. The first-order valence-corrected chi connectivity index (χ1v) is 7.92. The summed E-state index contributed by atoms with van der Waals surface area (Å²) in [4.78, 5) is 13.7. The minimum Gasteiger partial charge on any atom is -0.347 e. The molecule has 3 heteroatoms. The van der Waals surface area contributed by atoms with E-state index in [0.717, 1.165) is 6.42 Å². The van der Waals surface area contributed by atoms with Gasteiger partial charge < -0.3 is 4.90 Å². The van der Waals surface area contributed by atoms with E-state index in [0.29, 0.717) is 5.92 Å². The number of hydrogen-bond acceptors (Lipinski definition) is 2. The van der Waals surface area contributed by atoms with Crippen LogP contribution >= 0.6 is 0 Å². The van der Waals surface area contributed by atoms with Crippen molar-refractivity contribution >= 4 is 5.91 Å². The molecule has 1 N–H and O–H groups in total. The first kappa shape index (κ1) is 17.7. The monoisotopic (exact) mass is 290 g/mol. The predicted molar refractivity (Wildman–Crippen MR) is 89.3 cm³/mol. The van der Waals surface area contributed by atoms with Gasteiger partial charge in [-0.1, -0.05) is 51.5 Å². The van der Waals surface area contributed by atoms with Crippen LogP contribution in [0.5, 0.6) is 0 Å². The highest BCUT2D eigenvalue weighted by Crippen LogP contribution is 2.23. The van der Waals surface area contributed by atoms with Crippen molar-refractivity contribution in [2.45, 2.75) is 52.6 Å². The average molecular weight is 290 g/mol. The maximum absolute atomic E-state index is 12.0. The molecule has 0 aliphatic heterocycles. The van der Waals surface area contributed by atoms with Crippen LogP contribution in [0.1, 0.15) is 51.3 Å². The molecule has 3 nitrogen and oxygen atoms in total. The van der Waals surface area contributed by atoms with Crippen LogP contribution in [0.15, 0.2) is 24.3 Å². The van der Waals surface area contributed by atoms with E-state index >= 15 is 0 Å². The van der Waals surface area contributed by atoms with Crippen LogP contribution in [0.25, 0.3) is 0 Å². The molecule has 0 aromatic heterocycles. The van der Waals surface area contributed by atoms with Crippen molar-refractivity contribution in [2.24, 2.45) is 5.92 Å². The zero-order chi connectivity index (χ0) is 16.0. The molecule has 1 rings (SSSR count). The first-order chi connectivity index (χ1) is 9.86. The third-order valence-corrected chi connectivity index (χ3v) is 3.78. The molecule has 2 atom stereocenters. The molecule has 0 heterocycles. The highest BCUT2D eigenvalue weighted by molar-refractivity contribution is 5.80. The van der Waals surface area contributed by atoms with E-state index in [4.69, 9.17) is 0 Å². The first-order valence-electron chi connectivity index (χ1n) is 7.92. The molecule has 0 spiro atoms. The Hall–Kier alpha value is -1.35. The zero-order valence-corrected chi connectivity index (χ0v) is 14.3. The number of nitrogens with one attached hydrogen (secondary N) is 1. The standard InChI is InChI=1S/C18H30N2O/c1-7-8-15-9-11-16(12-10-15)17(13(2)3)19-14(4)18(21)20(5)6/h9-14,17,19H,7-8H2,1-6H3. The summed E-state index contributed by atoms with van der Waals surface area (Å²) in [6, 6.07) is 8.80. The summed E-state index contributed by atoms with van der Waals surface area (Å²) >= 11 is 0. The highest BCUT2D eigenvalue weighted by atomic mass is 16.2. The van der Waals surface area contributed by atoms with Gasteiger partial charge in [0.15, 0.2) is 0 Å². The Morgan fingerprint density at radius 3 is 2.14 bits per heavy atom. The van der Waals surface area contributed by atoms with Gasteiger partial charge in [0.1, 0.15) is 0 Å². The second-order valence-electron chi connectivity index (χ2n) is 6.33. The van der Waals surface area contributed by atoms with Crippen LogP contribution < -0.4 is 5.32 Å². The van der Waals surface area contributed by atoms with Crippen molar-refractivity contribution in [3.8, 4) is 0 Å². The molecule has 1 aromatic carbocycles. The van der Waals surface area contributed by atoms with Gasteiger partial charge in [-0.15, -0.1) is 0 Å². The predicted octanol–water partition coefficient (Wildman–Crippen LogP) is 3.40. The molecule has 118 valence electrons. The number of hydrogen-bond donors (Lipinski definition) is 1. The second-order valence-corrected chi connectivity index (χ2v) is 6.33. The molecular formula is C18H30N2O. The third kappa shape index (κ3) is 5.16. The van der Waals surface area contributed by atoms with Crippen LogP contribution in [0.2, 0.25) is 0 Å². The van der Waals surface area contributed by atoms with E-state index in [1.54, 1.807) is 19.0 Å². The molecule has 0 radical (unpaired) electrons. The number of amides is 1. The van der Waals surface area contributed by atoms with Crippen LogP contribution in [-0.4, -0.2) is 30.9 Å². The Morgan fingerprint density at radius 2 is 1.71 bits per heavy atom. The molecule has 21 heavy (non-hydrogen) atoms. The maximum atomic E-state index is 12.0. The molecule has 0 saturated heterocycles. The topological polar surface area (TPSA) is 32.3 Å². The van der Waals surface area contributed by atoms with Gasteiger partial charge in [0, 0.05) is 20.1 Å². The van der Waals surface area contributed by atoms with Crippen molar-refractivity contribution in [2.75, 3.05) is 14.1 Å². The number of nitrogens with zero attached hydrogens (tertiary/aromatic N) is 1. The van der Waals surface area contributed by atoms with Crippen molar-refractivity contribution in [3.63, 3.8) is 0 Å². The number of benzene rings is 1. The Morgan fingerprint density at radius 1 is 1.14 bits per heavy atom. The molecule has 1 amide bonds. The smallest absolute Gasteiger partial charge is 0.238 e. The van der Waals surface area contributed by atoms with E-state index in [-0.39, 0.29) is 18.0 Å². The molecule has 0 bridgehead atoms. The van der Waals surface area contributed by atoms with Gasteiger partial charge in [-0.2, -0.15) is 0 Å². The summed E-state index contributed by atoms with van der Waals surface area (Å²) in [6.45, 7) is 8.50. The van der Waals surface area contributed by atoms with Gasteiger partial charge >= 0.3 is 0 Å². The van der Waals surface area contributed by atoms with Gasteiger partial charge in [0.05, 0.1) is 6.04 Å². The van der Waals surface area contributed by atoms with Gasteiger partial charge in [-0.05, 0) is 30.4 Å². The van der Waals surface area contributed by atoms with E-state index in [1.165, 1.54) is 17.5 Å². The van der Waals surface area contributed by atoms with Crippen molar-refractivity contribution in [1.29, 1.82) is 0 Å². The number of aryl methyl sites for hydroxylation is 1. The molecule has 0 saturated carbocycles. The molecule has 2 unspecified atom stereocenters. The number of carbonyl (C=O) groups excluding carboxylic acids is 1. The molecule has 0 fully saturated rings. The third-order valence-electron chi connectivity index (χ3n) is 3.78. The highest BCUT2D eigenvalue weighted by Gasteiger charge is 2.22. The van der Waals surface area contributed by atoms with Gasteiger partial charge in [0.2, 0.25) is 5.91 Å². The van der Waals surface area contributed by atoms with E-state index in [9.17, 15) is 4.79 Å². The largest absolute Gasteiger partial charge is 0.347 e. The van der Waals surface area contributed by atoms with Crippen LogP contribution in [0.3, 0.4) is 0 Å². The Balaban J connectivity index is 2.84. The molecule has 1 aromatic rings. The van der Waals surface area contributed by atoms with Crippen LogP contribution in [-0.2, 0) is 11.2 Å². The number of likely N-dealkylation sites (N-methyl/N-ethyl adjacent to an activating group) is 1. The minimum absolute atomic E-state index is 0.114. The quantitative estimate of drug-likeness (QED) is 0.834. The average Bonchev–Trinajstić information content (AvgIpc) is 2.44. The van der Waals surface area contributed by atoms with Crippen LogP contribution in [0, 0.1) is 5.92 Å². The van der Waals surface area contributed by atoms with E-state index < -0.39 is 0 Å². The molecule has 0 aliphatic carbocycles. The summed E-state index contributed by atoms with van der Waals surface area (Å²) < 4.78 is 0. The molecule has 0 aliphatic rings. The minimum atomic E-state index is -0.178. The Kier molecular flexibility index (Phi) is 6.90. The van der Waals surface area contributed by atoms with Gasteiger partial charge in [-0.25, -0.2) is 0 Å². The summed E-state index contributed by atoms with van der Waals surface area (Å²) in [7, 11) is 3.59. The second kappa shape index (κ2) is 8.18. The normalized spacial score (nSPS) is 14.0. The fourth-order valence-corrected chi connectivity index (χ4v) is 2.58. The SMILES string of the molecule is CCCc1ccc(C(NC(C)C(=O)N(C)C)C(C)C)cc1. The van der Waals surface area contributed by atoms with Gasteiger partial charge in [0.25, 0.3) is 0 Å². The lowest BCUT2D eigenvalue weighted by molar-refractivity contribution is -0.130. The number of rotatable bonds is 7. The fourth-order valence-electron chi connectivity index (χ4n) is 2.58. The fraction of sp³-hybridized carbons (Fsp3) is 0.611. The van der Waals surface area contributed by atoms with Crippen molar-refractivity contribution in [3.05, 3.63) is 35.4 Å². The Bertz CT molecular complexity index is 437. The summed E-state index contributed by atoms with van der Waals surface area (Å²) in [5, 5.41) is 3.47.